The number of amides is 1. The summed E-state index contributed by atoms with van der Waals surface area (Å²) in [5, 5.41) is 8.76. The van der Waals surface area contributed by atoms with Gasteiger partial charge in [-0.05, 0) is 12.1 Å². The smallest absolute Gasteiger partial charge is 0.308 e. The summed E-state index contributed by atoms with van der Waals surface area (Å²) in [6.07, 6.45) is 0.725. The summed E-state index contributed by atoms with van der Waals surface area (Å²) >= 11 is 0. The number of aryl methyl sites for hydroxylation is 1. The molecule has 0 radical (unpaired) electrons. The highest BCUT2D eigenvalue weighted by Crippen LogP contribution is 2.11. The second-order valence-electron chi connectivity index (χ2n) is 4.04. The highest BCUT2D eigenvalue weighted by atomic mass is 16.4. The fraction of sp³-hybridized carbons (Fsp3) is 0.500. The van der Waals surface area contributed by atoms with Crippen molar-refractivity contribution in [1.29, 1.82) is 0 Å². The SMILES string of the molecule is CCc1ccc(C(=O)N(C)CC(C)C(=O)O)o1. The van der Waals surface area contributed by atoms with E-state index in [-0.39, 0.29) is 18.2 Å². The highest BCUT2D eigenvalue weighted by molar-refractivity contribution is 5.91. The van der Waals surface area contributed by atoms with Crippen molar-refractivity contribution in [3.63, 3.8) is 0 Å². The van der Waals surface area contributed by atoms with E-state index in [1.54, 1.807) is 26.1 Å². The van der Waals surface area contributed by atoms with Gasteiger partial charge in [-0.25, -0.2) is 0 Å². The maximum atomic E-state index is 11.9. The molecule has 0 aliphatic heterocycles. The van der Waals surface area contributed by atoms with Crippen molar-refractivity contribution >= 4 is 11.9 Å². The predicted molar refractivity (Wildman–Crippen MR) is 61.8 cm³/mol. The van der Waals surface area contributed by atoms with Crippen molar-refractivity contribution < 1.29 is 19.1 Å². The molecule has 17 heavy (non-hydrogen) atoms. The van der Waals surface area contributed by atoms with E-state index in [2.05, 4.69) is 0 Å². The number of carboxylic acid groups (broad SMARTS) is 1. The third kappa shape index (κ3) is 3.34. The molecule has 1 N–H and O–H groups in total. The first-order valence-electron chi connectivity index (χ1n) is 5.52. The summed E-state index contributed by atoms with van der Waals surface area (Å²) in [5.74, 6) is -0.810. The van der Waals surface area contributed by atoms with Crippen molar-refractivity contribution in [3.8, 4) is 0 Å². The molecule has 1 atom stereocenters. The largest absolute Gasteiger partial charge is 0.481 e. The van der Waals surface area contributed by atoms with E-state index >= 15 is 0 Å². The van der Waals surface area contributed by atoms with Crippen LogP contribution in [-0.2, 0) is 11.2 Å². The fourth-order valence-corrected chi connectivity index (χ4v) is 1.44. The van der Waals surface area contributed by atoms with Gasteiger partial charge in [0.05, 0.1) is 5.92 Å². The maximum Gasteiger partial charge on any atom is 0.308 e. The van der Waals surface area contributed by atoms with E-state index in [1.807, 2.05) is 6.92 Å². The molecule has 0 bridgehead atoms. The van der Waals surface area contributed by atoms with Crippen molar-refractivity contribution in [2.75, 3.05) is 13.6 Å². The molecule has 94 valence electrons. The molecular weight excluding hydrogens is 222 g/mol. The molecule has 1 aromatic heterocycles. The van der Waals surface area contributed by atoms with Crippen molar-refractivity contribution in [3.05, 3.63) is 23.7 Å². The average Bonchev–Trinajstić information content (AvgIpc) is 2.76. The van der Waals surface area contributed by atoms with Crippen molar-refractivity contribution in [2.45, 2.75) is 20.3 Å². The number of carboxylic acids is 1. The predicted octanol–water partition coefficient (Wildman–Crippen LogP) is 1.63. The summed E-state index contributed by atoms with van der Waals surface area (Å²) in [7, 11) is 1.57. The number of rotatable bonds is 5. The Balaban J connectivity index is 2.66. The van der Waals surface area contributed by atoms with Gasteiger partial charge in [0, 0.05) is 20.0 Å². The Morgan fingerprint density at radius 2 is 2.12 bits per heavy atom. The number of carbonyl (C=O) groups excluding carboxylic acids is 1. The van der Waals surface area contributed by atoms with Crippen LogP contribution in [0.15, 0.2) is 16.5 Å². The zero-order chi connectivity index (χ0) is 13.0. The van der Waals surface area contributed by atoms with Gasteiger partial charge in [-0.1, -0.05) is 13.8 Å². The first-order valence-corrected chi connectivity index (χ1v) is 5.52. The molecule has 0 aliphatic rings. The lowest BCUT2D eigenvalue weighted by Gasteiger charge is -2.18. The standard InChI is InChI=1S/C12H17NO4/c1-4-9-5-6-10(17-9)11(14)13(3)7-8(2)12(15)16/h5-6,8H,4,7H2,1-3H3,(H,15,16). The van der Waals surface area contributed by atoms with Crippen LogP contribution in [0.3, 0.4) is 0 Å². The number of hydrogen-bond donors (Lipinski definition) is 1. The summed E-state index contributed by atoms with van der Waals surface area (Å²) in [6, 6.07) is 3.37. The average molecular weight is 239 g/mol. The third-order valence-electron chi connectivity index (χ3n) is 2.54. The van der Waals surface area contributed by atoms with Gasteiger partial charge in [0.25, 0.3) is 5.91 Å². The summed E-state index contributed by atoms with van der Waals surface area (Å²) in [4.78, 5) is 23.9. The highest BCUT2D eigenvalue weighted by Gasteiger charge is 2.20. The van der Waals surface area contributed by atoms with Gasteiger partial charge in [-0.15, -0.1) is 0 Å². The molecule has 0 spiro atoms. The van der Waals surface area contributed by atoms with Gasteiger partial charge in [0.1, 0.15) is 5.76 Å². The van der Waals surface area contributed by atoms with Crippen molar-refractivity contribution in [1.82, 2.24) is 4.90 Å². The molecule has 5 nitrogen and oxygen atoms in total. The molecule has 1 heterocycles. The van der Waals surface area contributed by atoms with E-state index in [4.69, 9.17) is 9.52 Å². The van der Waals surface area contributed by atoms with Crippen LogP contribution in [0.4, 0.5) is 0 Å². The molecule has 1 amide bonds. The van der Waals surface area contributed by atoms with Crippen LogP contribution in [0, 0.1) is 5.92 Å². The van der Waals surface area contributed by atoms with Gasteiger partial charge in [-0.3, -0.25) is 9.59 Å². The monoisotopic (exact) mass is 239 g/mol. The lowest BCUT2D eigenvalue weighted by atomic mass is 10.2. The molecule has 0 saturated carbocycles. The normalized spacial score (nSPS) is 12.2. The Morgan fingerprint density at radius 3 is 2.59 bits per heavy atom. The Bertz CT molecular complexity index is 410. The minimum absolute atomic E-state index is 0.163. The van der Waals surface area contributed by atoms with Gasteiger partial charge in [0.2, 0.25) is 0 Å². The quantitative estimate of drug-likeness (QED) is 0.847. The maximum absolute atomic E-state index is 11.9. The van der Waals surface area contributed by atoms with E-state index in [0.29, 0.717) is 0 Å². The Kier molecular flexibility index (Phi) is 4.31. The lowest BCUT2D eigenvalue weighted by Crippen LogP contribution is -2.33. The fourth-order valence-electron chi connectivity index (χ4n) is 1.44. The Morgan fingerprint density at radius 1 is 1.47 bits per heavy atom. The first-order chi connectivity index (χ1) is 7.95. The number of carbonyl (C=O) groups is 2. The van der Waals surface area contributed by atoms with Gasteiger partial charge in [-0.2, -0.15) is 0 Å². The zero-order valence-corrected chi connectivity index (χ0v) is 10.3. The van der Waals surface area contributed by atoms with Crippen LogP contribution < -0.4 is 0 Å². The first kappa shape index (κ1) is 13.3. The van der Waals surface area contributed by atoms with Gasteiger partial charge >= 0.3 is 5.97 Å². The van der Waals surface area contributed by atoms with E-state index < -0.39 is 11.9 Å². The van der Waals surface area contributed by atoms with Crippen LogP contribution in [0.2, 0.25) is 0 Å². The summed E-state index contributed by atoms with van der Waals surface area (Å²) in [6.45, 7) is 3.66. The minimum atomic E-state index is -0.918. The van der Waals surface area contributed by atoms with Gasteiger partial charge in [0.15, 0.2) is 5.76 Å². The molecule has 1 rings (SSSR count). The molecular formula is C12H17NO4. The topological polar surface area (TPSA) is 70.8 Å². The van der Waals surface area contributed by atoms with E-state index in [0.717, 1.165) is 12.2 Å². The van der Waals surface area contributed by atoms with Crippen LogP contribution >= 0.6 is 0 Å². The number of nitrogens with zero attached hydrogens (tertiary/aromatic N) is 1. The molecule has 5 heteroatoms. The van der Waals surface area contributed by atoms with E-state index in [9.17, 15) is 9.59 Å². The summed E-state index contributed by atoms with van der Waals surface area (Å²) < 4.78 is 5.32. The molecule has 0 aliphatic carbocycles. The van der Waals surface area contributed by atoms with Crippen LogP contribution in [0.5, 0.6) is 0 Å². The molecule has 0 saturated heterocycles. The summed E-state index contributed by atoms with van der Waals surface area (Å²) in [5.41, 5.74) is 0. The zero-order valence-electron chi connectivity index (χ0n) is 10.3. The molecule has 1 aromatic rings. The van der Waals surface area contributed by atoms with Gasteiger partial charge < -0.3 is 14.4 Å². The number of hydrogen-bond acceptors (Lipinski definition) is 3. The second kappa shape index (κ2) is 5.52. The Labute approximate surface area is 100 Å². The third-order valence-corrected chi connectivity index (χ3v) is 2.54. The second-order valence-corrected chi connectivity index (χ2v) is 4.04. The molecule has 0 aromatic carbocycles. The van der Waals surface area contributed by atoms with Crippen LogP contribution in [-0.4, -0.2) is 35.5 Å². The van der Waals surface area contributed by atoms with Crippen molar-refractivity contribution in [2.24, 2.45) is 5.92 Å². The van der Waals surface area contributed by atoms with Crippen LogP contribution in [0.25, 0.3) is 0 Å². The number of furan rings is 1. The Hall–Kier alpha value is -1.78. The number of aliphatic carboxylic acids is 1. The van der Waals surface area contributed by atoms with Crippen LogP contribution in [0.1, 0.15) is 30.2 Å². The lowest BCUT2D eigenvalue weighted by molar-refractivity contribution is -0.141. The molecule has 0 fully saturated rings. The van der Waals surface area contributed by atoms with E-state index in [1.165, 1.54) is 4.90 Å². The minimum Gasteiger partial charge on any atom is -0.481 e. The molecule has 1 unspecified atom stereocenters.